The van der Waals surface area contributed by atoms with Gasteiger partial charge in [0, 0.05) is 25.9 Å². The van der Waals surface area contributed by atoms with E-state index in [1.807, 2.05) is 0 Å². The molecule has 0 atom stereocenters. The van der Waals surface area contributed by atoms with Crippen molar-refractivity contribution in [1.29, 1.82) is 5.26 Å². The fraction of sp³-hybridized carbons (Fsp3) is 0.500. The van der Waals surface area contributed by atoms with Crippen LogP contribution in [0, 0.1) is 22.6 Å². The van der Waals surface area contributed by atoms with E-state index in [9.17, 15) is 17.6 Å². The molecule has 1 heterocycles. The Labute approximate surface area is 134 Å². The van der Waals surface area contributed by atoms with Crippen LogP contribution in [-0.2, 0) is 14.8 Å². The molecule has 7 heteroatoms. The van der Waals surface area contributed by atoms with E-state index in [2.05, 4.69) is 0 Å². The molecule has 0 amide bonds. The first-order valence-electron chi connectivity index (χ1n) is 7.57. The third-order valence-corrected chi connectivity index (χ3v) is 6.80. The Morgan fingerprint density at radius 2 is 1.87 bits per heavy atom. The predicted molar refractivity (Wildman–Crippen MR) is 80.4 cm³/mol. The lowest BCUT2D eigenvalue weighted by Crippen LogP contribution is -2.42. The monoisotopic (exact) mass is 336 g/mol. The van der Waals surface area contributed by atoms with Gasteiger partial charge in [-0.05, 0) is 42.9 Å². The van der Waals surface area contributed by atoms with Crippen LogP contribution in [0.25, 0.3) is 0 Å². The number of rotatable bonds is 2. The van der Waals surface area contributed by atoms with Crippen LogP contribution in [0.3, 0.4) is 0 Å². The molecule has 3 rings (SSSR count). The lowest BCUT2D eigenvalue weighted by Gasteiger charge is -2.38. The van der Waals surface area contributed by atoms with Crippen molar-refractivity contribution in [3.05, 3.63) is 29.6 Å². The third-order valence-electron chi connectivity index (χ3n) is 4.93. The number of sulfonamides is 1. The molecule has 23 heavy (non-hydrogen) atoms. The number of carbonyl (C=O) groups is 1. The number of carbonyl (C=O) groups excluding carboxylic acids is 1. The molecule has 1 aliphatic heterocycles. The van der Waals surface area contributed by atoms with Crippen LogP contribution < -0.4 is 0 Å². The maximum atomic E-state index is 13.5. The second kappa shape index (κ2) is 5.69. The van der Waals surface area contributed by atoms with Gasteiger partial charge in [0.05, 0.1) is 16.5 Å². The Bertz CT molecular complexity index is 790. The van der Waals surface area contributed by atoms with Gasteiger partial charge in [-0.2, -0.15) is 9.57 Å². The highest BCUT2D eigenvalue weighted by Gasteiger charge is 2.43. The molecule has 0 N–H and O–H groups in total. The van der Waals surface area contributed by atoms with E-state index >= 15 is 0 Å². The molecule has 1 saturated heterocycles. The molecule has 1 saturated carbocycles. The summed E-state index contributed by atoms with van der Waals surface area (Å²) in [6.45, 7) is 0.655. The highest BCUT2D eigenvalue weighted by atomic mass is 32.2. The summed E-state index contributed by atoms with van der Waals surface area (Å²) in [7, 11) is -3.82. The second-order valence-electron chi connectivity index (χ2n) is 6.41. The lowest BCUT2D eigenvalue weighted by atomic mass is 9.77. The Morgan fingerprint density at radius 3 is 2.43 bits per heavy atom. The van der Waals surface area contributed by atoms with E-state index in [-0.39, 0.29) is 21.7 Å². The topological polar surface area (TPSA) is 78.2 Å². The van der Waals surface area contributed by atoms with Crippen molar-refractivity contribution in [3.8, 4) is 6.07 Å². The first-order valence-corrected chi connectivity index (χ1v) is 9.01. The highest BCUT2D eigenvalue weighted by molar-refractivity contribution is 7.89. The Balaban J connectivity index is 1.81. The van der Waals surface area contributed by atoms with Gasteiger partial charge in [-0.1, -0.05) is 0 Å². The molecule has 0 unspecified atom stereocenters. The largest absolute Gasteiger partial charge is 0.300 e. The summed E-state index contributed by atoms with van der Waals surface area (Å²) in [5.74, 6) is -0.484. The number of nitriles is 1. The Morgan fingerprint density at radius 1 is 1.17 bits per heavy atom. The van der Waals surface area contributed by atoms with Crippen molar-refractivity contribution in [1.82, 2.24) is 4.31 Å². The fourth-order valence-electron chi connectivity index (χ4n) is 3.55. The number of halogens is 1. The van der Waals surface area contributed by atoms with Crippen molar-refractivity contribution in [2.45, 2.75) is 37.0 Å². The van der Waals surface area contributed by atoms with E-state index in [0.29, 0.717) is 38.8 Å². The zero-order valence-corrected chi connectivity index (χ0v) is 13.4. The zero-order chi connectivity index (χ0) is 16.7. The van der Waals surface area contributed by atoms with Gasteiger partial charge in [0.1, 0.15) is 11.6 Å². The molecule has 1 aromatic carbocycles. The van der Waals surface area contributed by atoms with Gasteiger partial charge < -0.3 is 0 Å². The van der Waals surface area contributed by atoms with E-state index < -0.39 is 15.8 Å². The summed E-state index contributed by atoms with van der Waals surface area (Å²) >= 11 is 0. The van der Waals surface area contributed by atoms with Crippen LogP contribution in [0.1, 0.15) is 37.7 Å². The Kier molecular flexibility index (Phi) is 3.98. The summed E-state index contributed by atoms with van der Waals surface area (Å²) in [6.07, 6.45) is 3.26. The van der Waals surface area contributed by atoms with Crippen LogP contribution in [-0.4, -0.2) is 31.6 Å². The number of Topliss-reactive ketones (excluding diaryl/α,β-unsaturated/α-hetero) is 1. The highest BCUT2D eigenvalue weighted by Crippen LogP contribution is 2.45. The van der Waals surface area contributed by atoms with Crippen molar-refractivity contribution in [2.24, 2.45) is 5.41 Å². The van der Waals surface area contributed by atoms with Gasteiger partial charge in [0.15, 0.2) is 0 Å². The molecule has 0 radical (unpaired) electrons. The summed E-state index contributed by atoms with van der Waals surface area (Å²) in [4.78, 5) is 11.3. The minimum absolute atomic E-state index is 0.0153. The molecule has 1 spiro atoms. The van der Waals surface area contributed by atoms with Crippen LogP contribution in [0.5, 0.6) is 0 Å². The zero-order valence-electron chi connectivity index (χ0n) is 12.6. The molecule has 122 valence electrons. The average Bonchev–Trinajstić information content (AvgIpc) is 2.87. The molecule has 1 aromatic rings. The number of ketones is 1. The third kappa shape index (κ3) is 3.01. The number of benzene rings is 1. The molecule has 0 bridgehead atoms. The molecular weight excluding hydrogens is 319 g/mol. The summed E-state index contributed by atoms with van der Waals surface area (Å²) in [6, 6.07) is 4.92. The molecular formula is C16H17FN2O3S. The summed E-state index contributed by atoms with van der Waals surface area (Å²) in [5.41, 5.74) is -0.0681. The van der Waals surface area contributed by atoms with E-state index in [1.165, 1.54) is 10.4 Å². The van der Waals surface area contributed by atoms with Crippen LogP contribution in [0.15, 0.2) is 23.1 Å². The molecule has 0 aromatic heterocycles. The molecule has 1 aliphatic carbocycles. The first-order chi connectivity index (χ1) is 10.8. The van der Waals surface area contributed by atoms with Crippen LogP contribution in [0.4, 0.5) is 4.39 Å². The average molecular weight is 336 g/mol. The first kappa shape index (κ1) is 16.1. The number of hydrogen-bond donors (Lipinski definition) is 0. The van der Waals surface area contributed by atoms with Gasteiger partial charge in [0.2, 0.25) is 10.0 Å². The fourth-order valence-corrected chi connectivity index (χ4v) is 5.05. The van der Waals surface area contributed by atoms with Crippen LogP contribution in [0.2, 0.25) is 0 Å². The summed E-state index contributed by atoms with van der Waals surface area (Å²) < 4.78 is 40.2. The Hall–Kier alpha value is -1.78. The van der Waals surface area contributed by atoms with Gasteiger partial charge in [-0.3, -0.25) is 4.79 Å². The predicted octanol–water partition coefficient (Wildman–Crippen LogP) is 2.22. The van der Waals surface area contributed by atoms with E-state index in [4.69, 9.17) is 5.26 Å². The molecule has 2 aliphatic rings. The van der Waals surface area contributed by atoms with Gasteiger partial charge in [-0.15, -0.1) is 0 Å². The number of piperidine rings is 1. The quantitative estimate of drug-likeness (QED) is 0.829. The molecule has 2 fully saturated rings. The molecule has 5 nitrogen and oxygen atoms in total. The van der Waals surface area contributed by atoms with Crippen molar-refractivity contribution in [2.75, 3.05) is 13.1 Å². The smallest absolute Gasteiger partial charge is 0.243 e. The SMILES string of the molecule is N#Cc1cc(F)cc(S(=O)(=O)N2CCC3(CCC(=O)C3)CC2)c1. The maximum absolute atomic E-state index is 13.5. The van der Waals surface area contributed by atoms with Gasteiger partial charge in [0.25, 0.3) is 0 Å². The normalized spacial score (nSPS) is 21.5. The van der Waals surface area contributed by atoms with E-state index in [1.54, 1.807) is 6.07 Å². The van der Waals surface area contributed by atoms with Crippen molar-refractivity contribution >= 4 is 15.8 Å². The van der Waals surface area contributed by atoms with Crippen molar-refractivity contribution < 1.29 is 17.6 Å². The lowest BCUT2D eigenvalue weighted by molar-refractivity contribution is -0.118. The van der Waals surface area contributed by atoms with Gasteiger partial charge >= 0.3 is 0 Å². The van der Waals surface area contributed by atoms with Crippen molar-refractivity contribution in [3.63, 3.8) is 0 Å². The minimum atomic E-state index is -3.82. The summed E-state index contributed by atoms with van der Waals surface area (Å²) in [5, 5.41) is 8.87. The minimum Gasteiger partial charge on any atom is -0.300 e. The standard InChI is InChI=1S/C16H17FN2O3S/c17-13-7-12(11-18)8-15(9-13)23(21,22)19-5-3-16(4-6-19)2-1-14(20)10-16/h7-9H,1-6,10H2. The van der Waals surface area contributed by atoms with E-state index in [0.717, 1.165) is 18.6 Å². The van der Waals surface area contributed by atoms with Crippen LogP contribution >= 0.6 is 0 Å². The number of hydrogen-bond acceptors (Lipinski definition) is 4. The van der Waals surface area contributed by atoms with Gasteiger partial charge in [-0.25, -0.2) is 12.8 Å². The number of nitrogens with zero attached hydrogens (tertiary/aromatic N) is 2. The maximum Gasteiger partial charge on any atom is 0.243 e. The second-order valence-corrected chi connectivity index (χ2v) is 8.34.